The van der Waals surface area contributed by atoms with Crippen molar-refractivity contribution in [3.63, 3.8) is 0 Å². The predicted molar refractivity (Wildman–Crippen MR) is 109 cm³/mol. The molecule has 0 aliphatic rings. The van der Waals surface area contributed by atoms with E-state index >= 15 is 0 Å². The number of methoxy groups -OCH3 is 1. The number of furan rings is 1. The van der Waals surface area contributed by atoms with Crippen LogP contribution in [0.25, 0.3) is 0 Å². The van der Waals surface area contributed by atoms with Gasteiger partial charge in [0.15, 0.2) is 17.3 Å². The van der Waals surface area contributed by atoms with Gasteiger partial charge in [-0.15, -0.1) is 0 Å². The third-order valence-electron chi connectivity index (χ3n) is 4.05. The highest BCUT2D eigenvalue weighted by atomic mass is 16.5. The van der Waals surface area contributed by atoms with Crippen molar-refractivity contribution in [3.05, 3.63) is 76.7 Å². The molecule has 0 fully saturated rings. The molecule has 150 valence electrons. The summed E-state index contributed by atoms with van der Waals surface area (Å²) in [6, 6.07) is 13.9. The number of hydrogen-bond donors (Lipinski definition) is 2. The fourth-order valence-electron chi connectivity index (χ4n) is 2.74. The van der Waals surface area contributed by atoms with E-state index in [-0.39, 0.29) is 18.1 Å². The molecule has 0 saturated carbocycles. The molecule has 0 bridgehead atoms. The zero-order chi connectivity index (χ0) is 20.8. The second-order valence-electron chi connectivity index (χ2n) is 6.51. The van der Waals surface area contributed by atoms with E-state index in [2.05, 4.69) is 16.6 Å². The van der Waals surface area contributed by atoms with Gasteiger partial charge in [-0.2, -0.15) is 5.10 Å². The number of amides is 1. The molecule has 29 heavy (non-hydrogen) atoms. The summed E-state index contributed by atoms with van der Waals surface area (Å²) in [4.78, 5) is 12.2. The van der Waals surface area contributed by atoms with Gasteiger partial charge in [0, 0.05) is 0 Å². The summed E-state index contributed by atoms with van der Waals surface area (Å²) < 4.78 is 16.3. The number of benzene rings is 2. The number of hydrazone groups is 1. The lowest BCUT2D eigenvalue weighted by Crippen LogP contribution is -2.16. The molecule has 1 heterocycles. The van der Waals surface area contributed by atoms with Crippen LogP contribution in [0.15, 0.2) is 58.0 Å². The Balaban J connectivity index is 1.56. The van der Waals surface area contributed by atoms with Crippen LogP contribution in [0.5, 0.6) is 17.2 Å². The van der Waals surface area contributed by atoms with Crippen molar-refractivity contribution in [2.45, 2.75) is 20.5 Å². The van der Waals surface area contributed by atoms with Gasteiger partial charge in [0.1, 0.15) is 18.1 Å². The Morgan fingerprint density at radius 2 is 1.90 bits per heavy atom. The Kier molecular flexibility index (Phi) is 6.19. The van der Waals surface area contributed by atoms with E-state index in [4.69, 9.17) is 13.9 Å². The normalized spacial score (nSPS) is 10.9. The molecule has 2 aromatic carbocycles. The monoisotopic (exact) mass is 394 g/mol. The lowest BCUT2D eigenvalue weighted by atomic mass is 10.1. The summed E-state index contributed by atoms with van der Waals surface area (Å²) in [5, 5.41) is 13.5. The molecule has 1 aromatic heterocycles. The number of ether oxygens (including phenoxy) is 2. The molecule has 3 aromatic rings. The Hall–Kier alpha value is -3.74. The smallest absolute Gasteiger partial charge is 0.307 e. The first-order valence-corrected chi connectivity index (χ1v) is 8.95. The van der Waals surface area contributed by atoms with Crippen LogP contribution in [0, 0.1) is 13.8 Å². The average molecular weight is 394 g/mol. The maximum atomic E-state index is 12.2. The summed E-state index contributed by atoms with van der Waals surface area (Å²) in [5.74, 6) is 1.27. The van der Waals surface area contributed by atoms with Crippen molar-refractivity contribution < 1.29 is 23.8 Å². The molecule has 0 spiro atoms. The quantitative estimate of drug-likeness (QED) is 0.467. The van der Waals surface area contributed by atoms with Crippen LogP contribution in [0.3, 0.4) is 0 Å². The first kappa shape index (κ1) is 20.0. The number of nitrogens with zero attached hydrogens (tertiary/aromatic N) is 1. The van der Waals surface area contributed by atoms with Gasteiger partial charge >= 0.3 is 5.91 Å². The van der Waals surface area contributed by atoms with Crippen LogP contribution in [-0.2, 0) is 6.61 Å². The number of carbonyl (C=O) groups is 1. The van der Waals surface area contributed by atoms with Gasteiger partial charge < -0.3 is 19.0 Å². The topological polar surface area (TPSA) is 93.3 Å². The van der Waals surface area contributed by atoms with Gasteiger partial charge in [0.2, 0.25) is 0 Å². The Labute approximate surface area is 168 Å². The molecule has 2 N–H and O–H groups in total. The number of aryl methyl sites for hydroxylation is 2. The zero-order valence-electron chi connectivity index (χ0n) is 16.4. The van der Waals surface area contributed by atoms with Crippen molar-refractivity contribution in [2.24, 2.45) is 5.10 Å². The van der Waals surface area contributed by atoms with Crippen molar-refractivity contribution in [2.75, 3.05) is 7.11 Å². The van der Waals surface area contributed by atoms with E-state index in [1.165, 1.54) is 19.4 Å². The van der Waals surface area contributed by atoms with E-state index in [9.17, 15) is 9.90 Å². The maximum absolute atomic E-state index is 12.2. The highest BCUT2D eigenvalue weighted by Crippen LogP contribution is 2.25. The molecule has 1 amide bonds. The van der Waals surface area contributed by atoms with Crippen LogP contribution >= 0.6 is 0 Å². The minimum Gasteiger partial charge on any atom is -0.504 e. The van der Waals surface area contributed by atoms with E-state index in [1.807, 2.05) is 26.0 Å². The Morgan fingerprint density at radius 3 is 2.62 bits per heavy atom. The van der Waals surface area contributed by atoms with Crippen molar-refractivity contribution in [1.82, 2.24) is 5.43 Å². The number of nitrogens with one attached hydrogen (secondary N) is 1. The molecular formula is C22H22N2O5. The molecule has 0 aliphatic carbocycles. The lowest BCUT2D eigenvalue weighted by Gasteiger charge is -2.06. The highest BCUT2D eigenvalue weighted by Gasteiger charge is 2.11. The standard InChI is InChI=1S/C22H22N2O5/c1-14-8-15(2)10-18(9-14)28-13-17-5-7-20(29-17)22(26)24-23-12-16-4-6-19(25)21(11-16)27-3/h4-12,25H,13H2,1-3H3,(H,24,26). The van der Waals surface area contributed by atoms with E-state index in [0.717, 1.165) is 16.9 Å². The molecular weight excluding hydrogens is 372 g/mol. The average Bonchev–Trinajstić information content (AvgIpc) is 3.16. The number of carbonyl (C=O) groups excluding carboxylic acids is 1. The fourth-order valence-corrected chi connectivity index (χ4v) is 2.74. The largest absolute Gasteiger partial charge is 0.504 e. The van der Waals surface area contributed by atoms with Crippen LogP contribution in [-0.4, -0.2) is 24.3 Å². The summed E-state index contributed by atoms with van der Waals surface area (Å²) >= 11 is 0. The fraction of sp³-hybridized carbons (Fsp3) is 0.182. The summed E-state index contributed by atoms with van der Waals surface area (Å²) in [7, 11) is 1.45. The van der Waals surface area contributed by atoms with Gasteiger partial charge in [-0.05, 0) is 73.0 Å². The second-order valence-corrected chi connectivity index (χ2v) is 6.51. The summed E-state index contributed by atoms with van der Waals surface area (Å²) in [6.07, 6.45) is 1.44. The van der Waals surface area contributed by atoms with Gasteiger partial charge in [0.05, 0.1) is 13.3 Å². The first-order chi connectivity index (χ1) is 13.9. The molecule has 7 nitrogen and oxygen atoms in total. The second kappa shape index (κ2) is 8.97. The number of hydrogen-bond acceptors (Lipinski definition) is 6. The molecule has 0 aliphatic heterocycles. The van der Waals surface area contributed by atoms with Crippen LogP contribution in [0.1, 0.15) is 33.0 Å². The zero-order valence-corrected chi connectivity index (χ0v) is 16.4. The van der Waals surface area contributed by atoms with E-state index in [0.29, 0.717) is 17.1 Å². The Bertz CT molecular complexity index is 1020. The number of phenols is 1. The van der Waals surface area contributed by atoms with E-state index in [1.54, 1.807) is 24.3 Å². The number of aromatic hydroxyl groups is 1. The van der Waals surface area contributed by atoms with Gasteiger partial charge in [-0.25, -0.2) is 5.43 Å². The molecule has 0 saturated heterocycles. The van der Waals surface area contributed by atoms with Crippen LogP contribution in [0.2, 0.25) is 0 Å². The third kappa shape index (κ3) is 5.38. The minimum absolute atomic E-state index is 0.0276. The SMILES string of the molecule is COc1cc(C=NNC(=O)c2ccc(COc3cc(C)cc(C)c3)o2)ccc1O. The van der Waals surface area contributed by atoms with Crippen LogP contribution < -0.4 is 14.9 Å². The summed E-state index contributed by atoms with van der Waals surface area (Å²) in [6.45, 7) is 4.22. The molecule has 0 unspecified atom stereocenters. The minimum atomic E-state index is -0.482. The van der Waals surface area contributed by atoms with Crippen molar-refractivity contribution in [3.8, 4) is 17.2 Å². The van der Waals surface area contributed by atoms with Gasteiger partial charge in [-0.1, -0.05) is 6.07 Å². The van der Waals surface area contributed by atoms with Crippen molar-refractivity contribution >= 4 is 12.1 Å². The van der Waals surface area contributed by atoms with E-state index < -0.39 is 5.91 Å². The number of phenolic OH excluding ortho intramolecular Hbond substituents is 1. The molecule has 0 radical (unpaired) electrons. The maximum Gasteiger partial charge on any atom is 0.307 e. The summed E-state index contributed by atoms with van der Waals surface area (Å²) in [5.41, 5.74) is 5.28. The molecule has 3 rings (SSSR count). The lowest BCUT2D eigenvalue weighted by molar-refractivity contribution is 0.0923. The van der Waals surface area contributed by atoms with Crippen LogP contribution in [0.4, 0.5) is 0 Å². The highest BCUT2D eigenvalue weighted by molar-refractivity contribution is 5.92. The molecule has 7 heteroatoms. The predicted octanol–water partition coefficient (Wildman–Crippen LogP) is 3.95. The third-order valence-corrected chi connectivity index (χ3v) is 4.05. The molecule has 0 atom stereocenters. The van der Waals surface area contributed by atoms with Gasteiger partial charge in [-0.3, -0.25) is 4.79 Å². The van der Waals surface area contributed by atoms with Gasteiger partial charge in [0.25, 0.3) is 0 Å². The first-order valence-electron chi connectivity index (χ1n) is 8.95. The number of rotatable bonds is 7. The Morgan fingerprint density at radius 1 is 1.14 bits per heavy atom. The van der Waals surface area contributed by atoms with Crippen molar-refractivity contribution in [1.29, 1.82) is 0 Å².